The van der Waals surface area contributed by atoms with E-state index in [1.807, 2.05) is 60.7 Å². The van der Waals surface area contributed by atoms with Gasteiger partial charge in [0.05, 0.1) is 32.5 Å². The zero-order chi connectivity index (χ0) is 23.8. The Labute approximate surface area is 209 Å². The minimum Gasteiger partial charge on any atom is -1.00 e. The van der Waals surface area contributed by atoms with Crippen LogP contribution >= 0.6 is 0 Å². The molecule has 3 aromatic rings. The number of hydrogen-bond donors (Lipinski definition) is 3. The number of ether oxygens (including phenoxy) is 1. The van der Waals surface area contributed by atoms with E-state index in [1.54, 1.807) is 4.90 Å². The SMILES string of the molecule is O=C(NC(Cc1ccccc1)C(=O)OCc1ccccc1)c1nc[nH]c1C(=O)N1CC[NH2+]CC1.[Cl-]. The molecule has 1 fully saturated rings. The van der Waals surface area contributed by atoms with Crippen LogP contribution in [0.2, 0.25) is 0 Å². The van der Waals surface area contributed by atoms with Gasteiger partial charge < -0.3 is 37.7 Å². The van der Waals surface area contributed by atoms with E-state index < -0.39 is 17.9 Å². The molecule has 1 atom stereocenters. The largest absolute Gasteiger partial charge is 1.00 e. The van der Waals surface area contributed by atoms with E-state index in [-0.39, 0.29) is 42.7 Å². The van der Waals surface area contributed by atoms with Crippen molar-refractivity contribution in [2.24, 2.45) is 0 Å². The molecule has 0 bridgehead atoms. The van der Waals surface area contributed by atoms with E-state index >= 15 is 0 Å². The summed E-state index contributed by atoms with van der Waals surface area (Å²) in [5, 5.41) is 4.87. The van der Waals surface area contributed by atoms with Gasteiger partial charge in [0.25, 0.3) is 11.8 Å². The number of rotatable bonds is 8. The predicted molar refractivity (Wildman–Crippen MR) is 124 cm³/mol. The van der Waals surface area contributed by atoms with Crippen molar-refractivity contribution in [3.63, 3.8) is 0 Å². The smallest absolute Gasteiger partial charge is 0.329 e. The quantitative estimate of drug-likeness (QED) is 0.298. The summed E-state index contributed by atoms with van der Waals surface area (Å²) in [7, 11) is 0. The molecule has 2 amide bonds. The van der Waals surface area contributed by atoms with Crippen molar-refractivity contribution >= 4 is 17.8 Å². The second-order valence-corrected chi connectivity index (χ2v) is 8.09. The molecule has 4 N–H and O–H groups in total. The molecule has 4 rings (SSSR count). The summed E-state index contributed by atoms with van der Waals surface area (Å²) in [6, 6.07) is 17.7. The highest BCUT2D eigenvalue weighted by atomic mass is 35.5. The van der Waals surface area contributed by atoms with Crippen molar-refractivity contribution in [2.45, 2.75) is 19.1 Å². The molecule has 0 saturated carbocycles. The van der Waals surface area contributed by atoms with Gasteiger partial charge in [0.2, 0.25) is 0 Å². The van der Waals surface area contributed by atoms with Gasteiger partial charge in [-0.25, -0.2) is 9.78 Å². The molecule has 0 spiro atoms. The van der Waals surface area contributed by atoms with Crippen LogP contribution in [0.15, 0.2) is 67.0 Å². The minimum absolute atomic E-state index is 0. The van der Waals surface area contributed by atoms with Gasteiger partial charge in [-0.05, 0) is 11.1 Å². The number of benzene rings is 2. The number of quaternary nitrogens is 1. The first-order valence-corrected chi connectivity index (χ1v) is 11.3. The topological polar surface area (TPSA) is 121 Å². The fraction of sp³-hybridized carbons (Fsp3) is 0.280. The number of esters is 1. The van der Waals surface area contributed by atoms with Crippen molar-refractivity contribution in [1.29, 1.82) is 0 Å². The van der Waals surface area contributed by atoms with Crippen LogP contribution in [-0.2, 0) is 22.6 Å². The number of carbonyl (C=O) groups excluding carboxylic acids is 3. The van der Waals surface area contributed by atoms with Crippen LogP contribution < -0.4 is 23.0 Å². The summed E-state index contributed by atoms with van der Waals surface area (Å²) in [5.41, 5.74) is 1.80. The van der Waals surface area contributed by atoms with Crippen LogP contribution in [0.3, 0.4) is 0 Å². The van der Waals surface area contributed by atoms with Crippen molar-refractivity contribution in [3.05, 3.63) is 89.5 Å². The molecule has 9 nitrogen and oxygen atoms in total. The number of hydrogen-bond acceptors (Lipinski definition) is 5. The Bertz CT molecular complexity index is 1120. The van der Waals surface area contributed by atoms with E-state index in [2.05, 4.69) is 20.6 Å². The number of amides is 2. The lowest BCUT2D eigenvalue weighted by atomic mass is 10.1. The second-order valence-electron chi connectivity index (χ2n) is 8.09. The maximum atomic E-state index is 13.1. The fourth-order valence-electron chi connectivity index (χ4n) is 3.84. The van der Waals surface area contributed by atoms with Gasteiger partial charge in [0, 0.05) is 6.42 Å². The number of nitrogens with one attached hydrogen (secondary N) is 2. The lowest BCUT2D eigenvalue weighted by Crippen LogP contribution is -3.00. The summed E-state index contributed by atoms with van der Waals surface area (Å²) in [5.74, 6) is -1.44. The van der Waals surface area contributed by atoms with E-state index in [9.17, 15) is 14.4 Å². The standard InChI is InChI=1S/C25H27N5O4.ClH/c31-23(21-22(28-17-27-21)24(32)30-13-11-26-12-14-30)29-20(15-18-7-3-1-4-8-18)25(33)34-16-19-9-5-2-6-10-19;/h1-10,17,20,26H,11-16H2,(H,27,28)(H,29,31);1H. The number of nitrogens with zero attached hydrogens (tertiary/aromatic N) is 2. The average Bonchev–Trinajstić information content (AvgIpc) is 3.38. The molecule has 35 heavy (non-hydrogen) atoms. The second kappa shape index (κ2) is 12.7. The normalized spacial score (nSPS) is 13.9. The third kappa shape index (κ3) is 6.91. The van der Waals surface area contributed by atoms with E-state index in [0.717, 1.165) is 24.2 Å². The van der Waals surface area contributed by atoms with E-state index in [1.165, 1.54) is 6.33 Å². The number of carbonyl (C=O) groups is 3. The highest BCUT2D eigenvalue weighted by Gasteiger charge is 2.30. The van der Waals surface area contributed by atoms with Crippen molar-refractivity contribution in [1.82, 2.24) is 20.2 Å². The summed E-state index contributed by atoms with van der Waals surface area (Å²) in [4.78, 5) is 47.5. The Morgan fingerprint density at radius 3 is 2.29 bits per heavy atom. The molecular formula is C25H28ClN5O4. The number of piperazine rings is 1. The Morgan fingerprint density at radius 1 is 1.00 bits per heavy atom. The van der Waals surface area contributed by atoms with E-state index in [4.69, 9.17) is 4.74 Å². The highest BCUT2D eigenvalue weighted by molar-refractivity contribution is 6.05. The zero-order valence-corrected chi connectivity index (χ0v) is 19.9. The lowest BCUT2D eigenvalue weighted by molar-refractivity contribution is -0.661. The van der Waals surface area contributed by atoms with Gasteiger partial charge in [-0.1, -0.05) is 60.7 Å². The molecule has 1 unspecified atom stereocenters. The van der Waals surface area contributed by atoms with Crippen molar-refractivity contribution < 1.29 is 36.8 Å². The molecular weight excluding hydrogens is 470 g/mol. The molecule has 0 radical (unpaired) electrons. The third-order valence-corrected chi connectivity index (χ3v) is 5.66. The molecule has 184 valence electrons. The zero-order valence-electron chi connectivity index (χ0n) is 19.2. The first-order chi connectivity index (χ1) is 16.6. The molecule has 1 aliphatic rings. The van der Waals surface area contributed by atoms with Crippen LogP contribution in [0.5, 0.6) is 0 Å². The average molecular weight is 498 g/mol. The number of nitrogens with two attached hydrogens (primary N) is 1. The maximum absolute atomic E-state index is 13.1. The van der Waals surface area contributed by atoms with Gasteiger partial charge in [0.1, 0.15) is 18.3 Å². The monoisotopic (exact) mass is 497 g/mol. The van der Waals surface area contributed by atoms with Crippen LogP contribution in [0.1, 0.15) is 32.1 Å². The first-order valence-electron chi connectivity index (χ1n) is 11.3. The summed E-state index contributed by atoms with van der Waals surface area (Å²) < 4.78 is 5.49. The summed E-state index contributed by atoms with van der Waals surface area (Å²) in [6.07, 6.45) is 1.56. The molecule has 1 aliphatic heterocycles. The number of aromatic nitrogens is 2. The Balaban J connectivity index is 0.00000342. The van der Waals surface area contributed by atoms with Gasteiger partial charge >= 0.3 is 5.97 Å². The van der Waals surface area contributed by atoms with Gasteiger partial charge in [-0.15, -0.1) is 0 Å². The Kier molecular flexibility index (Phi) is 9.39. The molecule has 2 heterocycles. The van der Waals surface area contributed by atoms with Crippen LogP contribution in [0, 0.1) is 0 Å². The van der Waals surface area contributed by atoms with Gasteiger partial charge in [-0.2, -0.15) is 0 Å². The predicted octanol–water partition coefficient (Wildman–Crippen LogP) is -2.48. The number of H-pyrrole nitrogens is 1. The van der Waals surface area contributed by atoms with E-state index in [0.29, 0.717) is 13.1 Å². The minimum atomic E-state index is -0.942. The van der Waals surface area contributed by atoms with Crippen molar-refractivity contribution in [3.8, 4) is 0 Å². The number of halogens is 1. The van der Waals surface area contributed by atoms with Crippen LogP contribution in [0.4, 0.5) is 0 Å². The molecule has 2 aromatic carbocycles. The lowest BCUT2D eigenvalue weighted by Gasteiger charge is -2.25. The Morgan fingerprint density at radius 2 is 1.63 bits per heavy atom. The van der Waals surface area contributed by atoms with Crippen molar-refractivity contribution in [2.75, 3.05) is 26.2 Å². The maximum Gasteiger partial charge on any atom is 0.329 e. The Hall–Kier alpha value is -3.69. The third-order valence-electron chi connectivity index (χ3n) is 5.66. The highest BCUT2D eigenvalue weighted by Crippen LogP contribution is 2.11. The van der Waals surface area contributed by atoms with Gasteiger partial charge in [-0.3, -0.25) is 9.59 Å². The fourth-order valence-corrected chi connectivity index (χ4v) is 3.84. The molecule has 1 saturated heterocycles. The first kappa shape index (κ1) is 25.9. The summed E-state index contributed by atoms with van der Waals surface area (Å²) >= 11 is 0. The molecule has 1 aromatic heterocycles. The number of aromatic amines is 1. The van der Waals surface area contributed by atoms with Crippen LogP contribution in [0.25, 0.3) is 0 Å². The molecule has 0 aliphatic carbocycles. The molecule has 10 heteroatoms. The number of imidazole rings is 1. The van der Waals surface area contributed by atoms with Crippen LogP contribution in [-0.4, -0.2) is 64.9 Å². The summed E-state index contributed by atoms with van der Waals surface area (Å²) in [6.45, 7) is 2.92. The van der Waals surface area contributed by atoms with Gasteiger partial charge in [0.15, 0.2) is 5.69 Å².